The van der Waals surface area contributed by atoms with Crippen molar-refractivity contribution in [1.29, 1.82) is 0 Å². The van der Waals surface area contributed by atoms with Crippen molar-refractivity contribution in [3.63, 3.8) is 0 Å². The third kappa shape index (κ3) is 5.60. The Morgan fingerprint density at radius 3 is 2.35 bits per heavy atom. The summed E-state index contributed by atoms with van der Waals surface area (Å²) in [5.41, 5.74) is 0.897. The lowest BCUT2D eigenvalue weighted by Gasteiger charge is -2.13. The van der Waals surface area contributed by atoms with Crippen molar-refractivity contribution in [2.24, 2.45) is 0 Å². The molecule has 1 rings (SSSR count). The zero-order valence-corrected chi connectivity index (χ0v) is 13.7. The van der Waals surface area contributed by atoms with E-state index >= 15 is 0 Å². The van der Waals surface area contributed by atoms with Gasteiger partial charge in [0.15, 0.2) is 0 Å². The molecule has 114 valence electrons. The summed E-state index contributed by atoms with van der Waals surface area (Å²) >= 11 is 0. The Morgan fingerprint density at radius 2 is 1.85 bits per heavy atom. The summed E-state index contributed by atoms with van der Waals surface area (Å²) in [6.45, 7) is 4.62. The topological polar surface area (TPSA) is 75.3 Å². The highest BCUT2D eigenvalue weighted by Crippen LogP contribution is 2.14. The third-order valence-corrected chi connectivity index (χ3v) is 5.16. The van der Waals surface area contributed by atoms with E-state index < -0.39 is 20.8 Å². The van der Waals surface area contributed by atoms with Gasteiger partial charge in [0, 0.05) is 41.1 Å². The summed E-state index contributed by atoms with van der Waals surface area (Å²) in [4.78, 5) is 0.216. The minimum absolute atomic E-state index is 0.216. The van der Waals surface area contributed by atoms with Crippen molar-refractivity contribution in [2.45, 2.75) is 31.2 Å². The lowest BCUT2D eigenvalue weighted by Crippen LogP contribution is -2.36. The Balaban J connectivity index is 2.74. The van der Waals surface area contributed by atoms with E-state index in [2.05, 4.69) is 17.0 Å². The van der Waals surface area contributed by atoms with Crippen LogP contribution in [0.15, 0.2) is 29.2 Å². The average Bonchev–Trinajstić information content (AvgIpc) is 2.35. The second-order valence-electron chi connectivity index (χ2n) is 4.71. The van der Waals surface area contributed by atoms with Crippen molar-refractivity contribution < 1.29 is 12.6 Å². The molecule has 0 heterocycles. The molecule has 0 aliphatic rings. The molecule has 0 aromatic heterocycles. The highest BCUT2D eigenvalue weighted by Gasteiger charge is 2.17. The van der Waals surface area contributed by atoms with Crippen LogP contribution in [0.25, 0.3) is 0 Å². The standard InChI is InChI=1S/C13H22N2O3S2/c1-4-9-14-12-5-7-13(8-6-12)20(17,18)15-11(2)10-19(3)16/h5-8,11,14-15H,4,9-10H2,1-3H3. The maximum atomic E-state index is 12.1. The molecule has 2 N–H and O–H groups in total. The Hall–Kier alpha value is -0.920. The molecule has 2 unspecified atom stereocenters. The van der Waals surface area contributed by atoms with Gasteiger partial charge in [0.25, 0.3) is 0 Å². The number of nitrogens with one attached hydrogen (secondary N) is 2. The van der Waals surface area contributed by atoms with Gasteiger partial charge in [-0.2, -0.15) is 0 Å². The van der Waals surface area contributed by atoms with Crippen LogP contribution >= 0.6 is 0 Å². The lowest BCUT2D eigenvalue weighted by atomic mass is 10.3. The molecule has 0 aliphatic carbocycles. The predicted octanol–water partition coefficient (Wildman–Crippen LogP) is 1.55. The molecule has 0 bridgehead atoms. The lowest BCUT2D eigenvalue weighted by molar-refractivity contribution is 0.570. The van der Waals surface area contributed by atoms with E-state index in [1.54, 1.807) is 37.4 Å². The summed E-state index contributed by atoms with van der Waals surface area (Å²) in [6.07, 6.45) is 2.56. The first-order chi connectivity index (χ1) is 9.35. The molecule has 1 aromatic rings. The molecule has 20 heavy (non-hydrogen) atoms. The monoisotopic (exact) mass is 318 g/mol. The zero-order valence-electron chi connectivity index (χ0n) is 12.0. The van der Waals surface area contributed by atoms with E-state index in [0.29, 0.717) is 5.75 Å². The smallest absolute Gasteiger partial charge is 0.240 e. The number of hydrogen-bond acceptors (Lipinski definition) is 4. The van der Waals surface area contributed by atoms with Gasteiger partial charge < -0.3 is 5.32 Å². The minimum Gasteiger partial charge on any atom is -0.385 e. The Bertz CT molecular complexity index is 541. The molecule has 1 aromatic carbocycles. The molecule has 0 amide bonds. The number of anilines is 1. The highest BCUT2D eigenvalue weighted by atomic mass is 32.2. The normalized spacial score (nSPS) is 14.8. The van der Waals surface area contributed by atoms with Gasteiger partial charge in [-0.05, 0) is 37.6 Å². The van der Waals surface area contributed by atoms with E-state index in [4.69, 9.17) is 0 Å². The van der Waals surface area contributed by atoms with Gasteiger partial charge >= 0.3 is 0 Å². The van der Waals surface area contributed by atoms with Crippen LogP contribution in [0.1, 0.15) is 20.3 Å². The Morgan fingerprint density at radius 1 is 1.25 bits per heavy atom. The maximum absolute atomic E-state index is 12.1. The minimum atomic E-state index is -3.55. The van der Waals surface area contributed by atoms with Gasteiger partial charge in [-0.3, -0.25) is 4.21 Å². The number of benzene rings is 1. The van der Waals surface area contributed by atoms with E-state index in [1.165, 1.54) is 0 Å². The summed E-state index contributed by atoms with van der Waals surface area (Å²) in [5.74, 6) is 0.301. The van der Waals surface area contributed by atoms with E-state index in [-0.39, 0.29) is 10.9 Å². The predicted molar refractivity (Wildman–Crippen MR) is 83.9 cm³/mol. The maximum Gasteiger partial charge on any atom is 0.240 e. The molecule has 5 nitrogen and oxygen atoms in total. The van der Waals surface area contributed by atoms with Gasteiger partial charge in [-0.1, -0.05) is 6.92 Å². The van der Waals surface area contributed by atoms with Gasteiger partial charge in [-0.15, -0.1) is 0 Å². The molecular weight excluding hydrogens is 296 g/mol. The first-order valence-electron chi connectivity index (χ1n) is 6.51. The van der Waals surface area contributed by atoms with Crippen LogP contribution in [0, 0.1) is 0 Å². The van der Waals surface area contributed by atoms with Gasteiger partial charge in [0.2, 0.25) is 10.0 Å². The summed E-state index contributed by atoms with van der Waals surface area (Å²) < 4.78 is 37.9. The van der Waals surface area contributed by atoms with Crippen molar-refractivity contribution in [1.82, 2.24) is 4.72 Å². The molecule has 0 spiro atoms. The zero-order chi connectivity index (χ0) is 15.2. The van der Waals surface area contributed by atoms with E-state index in [1.807, 2.05) is 0 Å². The van der Waals surface area contributed by atoms with Gasteiger partial charge in [-0.25, -0.2) is 13.1 Å². The first-order valence-corrected chi connectivity index (χ1v) is 9.72. The molecule has 0 aliphatic heterocycles. The second kappa shape index (κ2) is 7.75. The van der Waals surface area contributed by atoms with Crippen molar-refractivity contribution in [3.8, 4) is 0 Å². The number of hydrogen-bond donors (Lipinski definition) is 2. The van der Waals surface area contributed by atoms with Gasteiger partial charge in [0.05, 0.1) is 4.90 Å². The molecule has 0 radical (unpaired) electrons. The fraction of sp³-hybridized carbons (Fsp3) is 0.538. The van der Waals surface area contributed by atoms with E-state index in [9.17, 15) is 12.6 Å². The largest absolute Gasteiger partial charge is 0.385 e. The van der Waals surface area contributed by atoms with Crippen LogP contribution in [0.3, 0.4) is 0 Å². The molecule has 0 saturated carbocycles. The molecular formula is C13H22N2O3S2. The van der Waals surface area contributed by atoms with Crippen LogP contribution in [0.5, 0.6) is 0 Å². The Labute approximate surface area is 123 Å². The van der Waals surface area contributed by atoms with Crippen molar-refractivity contribution in [2.75, 3.05) is 23.9 Å². The summed E-state index contributed by atoms with van der Waals surface area (Å²) in [6, 6.07) is 6.26. The first kappa shape index (κ1) is 17.1. The van der Waals surface area contributed by atoms with E-state index in [0.717, 1.165) is 18.7 Å². The van der Waals surface area contributed by atoms with Crippen LogP contribution < -0.4 is 10.0 Å². The average molecular weight is 318 g/mol. The SMILES string of the molecule is CCCNc1ccc(S(=O)(=O)NC(C)CS(C)=O)cc1. The third-order valence-electron chi connectivity index (χ3n) is 2.58. The molecule has 7 heteroatoms. The fourth-order valence-corrected chi connectivity index (χ4v) is 3.88. The summed E-state index contributed by atoms with van der Waals surface area (Å²) in [5, 5.41) is 3.18. The van der Waals surface area contributed by atoms with Crippen LogP contribution in [-0.4, -0.2) is 37.2 Å². The fourth-order valence-electron chi connectivity index (χ4n) is 1.74. The van der Waals surface area contributed by atoms with Crippen molar-refractivity contribution >= 4 is 26.5 Å². The van der Waals surface area contributed by atoms with Crippen LogP contribution in [-0.2, 0) is 20.8 Å². The van der Waals surface area contributed by atoms with Crippen molar-refractivity contribution in [3.05, 3.63) is 24.3 Å². The number of sulfonamides is 1. The molecule has 0 saturated heterocycles. The van der Waals surface area contributed by atoms with Crippen LogP contribution in [0.2, 0.25) is 0 Å². The highest BCUT2D eigenvalue weighted by molar-refractivity contribution is 7.89. The molecule has 0 fully saturated rings. The second-order valence-corrected chi connectivity index (χ2v) is 7.91. The number of rotatable bonds is 8. The summed E-state index contributed by atoms with van der Waals surface area (Å²) in [7, 11) is -4.59. The molecule has 2 atom stereocenters. The Kier molecular flexibility index (Phi) is 6.64. The van der Waals surface area contributed by atoms with Gasteiger partial charge in [0.1, 0.15) is 0 Å². The quantitative estimate of drug-likeness (QED) is 0.762. The van der Waals surface area contributed by atoms with Crippen LogP contribution in [0.4, 0.5) is 5.69 Å².